The van der Waals surface area contributed by atoms with Gasteiger partial charge in [-0.05, 0) is 6.92 Å². The Labute approximate surface area is 68.7 Å². The Morgan fingerprint density at radius 2 is 2.11 bits per heavy atom. The summed E-state index contributed by atoms with van der Waals surface area (Å²) in [6, 6.07) is 0. The molecule has 0 saturated heterocycles. The van der Waals surface area contributed by atoms with Gasteiger partial charge in [0.25, 0.3) is 0 Å². The first-order valence-electron chi connectivity index (χ1n) is 2.95. The molecule has 2 nitrogen and oxygen atoms in total. The first-order chi connectivity index (χ1) is 3.83. The molecule has 0 saturated carbocycles. The summed E-state index contributed by atoms with van der Waals surface area (Å²) in [7, 11) is 2.08. The monoisotopic (exact) mass is 119 g/mol. The van der Waals surface area contributed by atoms with E-state index in [1.807, 2.05) is 0 Å². The van der Waals surface area contributed by atoms with Crippen LogP contribution >= 0.6 is 0 Å². The Bertz CT molecular complexity index is 103. The fourth-order valence-corrected chi connectivity index (χ4v) is 0.794. The Kier molecular flexibility index (Phi) is 3.84. The Balaban J connectivity index is 0.000000640. The Morgan fingerprint density at radius 3 is 2.33 bits per heavy atom. The van der Waals surface area contributed by atoms with Crippen molar-refractivity contribution in [3.05, 3.63) is 12.4 Å². The average molecular weight is 119 g/mol. The normalized spacial score (nSPS) is 16.2. The summed E-state index contributed by atoms with van der Waals surface area (Å²) in [4.78, 5) is 4.41. The van der Waals surface area contributed by atoms with Gasteiger partial charge in [0.2, 0.25) is 0 Å². The van der Waals surface area contributed by atoms with Crippen molar-refractivity contribution < 1.29 is 0 Å². The molecule has 0 aromatic rings. The van der Waals surface area contributed by atoms with Crippen LogP contribution < -0.4 is 0 Å². The smallest absolute Gasteiger partial charge is 0.0890 e. The molecule has 0 fully saturated rings. The van der Waals surface area contributed by atoms with Crippen LogP contribution in [0.2, 0.25) is 0 Å². The Morgan fingerprint density at radius 1 is 1.44 bits per heavy atom. The molecule has 0 aromatic heterocycles. The van der Waals surface area contributed by atoms with Crippen LogP contribution in [-0.2, 0) is 0 Å². The van der Waals surface area contributed by atoms with Crippen LogP contribution in [0.15, 0.2) is 12.4 Å². The summed E-state index contributed by atoms with van der Waals surface area (Å²) in [5.74, 6) is 0. The average Bonchev–Trinajstić information content (AvgIpc) is 2.14. The van der Waals surface area contributed by atoms with E-state index >= 15 is 0 Å². The van der Waals surface area contributed by atoms with Gasteiger partial charge >= 0.3 is 0 Å². The van der Waals surface area contributed by atoms with Gasteiger partial charge in [0, 0.05) is 44.9 Å². The van der Waals surface area contributed by atoms with Gasteiger partial charge in [-0.1, -0.05) is 0 Å². The van der Waals surface area contributed by atoms with Crippen molar-refractivity contribution in [2.75, 3.05) is 20.3 Å². The van der Waals surface area contributed by atoms with Crippen molar-refractivity contribution in [3.63, 3.8) is 0 Å². The maximum absolute atomic E-state index is 2.25. The van der Waals surface area contributed by atoms with Crippen molar-refractivity contribution in [1.29, 1.82) is 0 Å². The zero-order valence-corrected chi connectivity index (χ0v) is 6.46. The molecule has 1 rings (SSSR count). The molecule has 47 valence electrons. The zero-order valence-electron chi connectivity index (χ0n) is 6.46. The van der Waals surface area contributed by atoms with Gasteiger partial charge < -0.3 is 9.80 Å². The third kappa shape index (κ3) is 2.34. The van der Waals surface area contributed by atoms with Gasteiger partial charge in [0.1, 0.15) is 0 Å². The largest absolute Gasteiger partial charge is 0.362 e. The maximum atomic E-state index is 2.25. The second-order valence-corrected chi connectivity index (χ2v) is 2.10. The molecule has 0 aromatic carbocycles. The molecule has 0 spiro atoms. The molecular formula is C6H12LiN2. The van der Waals surface area contributed by atoms with E-state index in [1.165, 1.54) is 0 Å². The van der Waals surface area contributed by atoms with E-state index in [9.17, 15) is 0 Å². The van der Waals surface area contributed by atoms with Crippen LogP contribution in [0.3, 0.4) is 0 Å². The summed E-state index contributed by atoms with van der Waals surface area (Å²) in [5, 5.41) is 0. The number of nitrogens with zero attached hydrogens (tertiary/aromatic N) is 2. The first-order valence-corrected chi connectivity index (χ1v) is 2.95. The van der Waals surface area contributed by atoms with E-state index < -0.39 is 0 Å². The maximum Gasteiger partial charge on any atom is 0.0890 e. The molecule has 0 N–H and O–H groups in total. The van der Waals surface area contributed by atoms with E-state index in [1.54, 1.807) is 0 Å². The molecule has 1 aliphatic rings. The molecule has 0 atom stereocenters. The van der Waals surface area contributed by atoms with E-state index in [4.69, 9.17) is 0 Å². The third-order valence-corrected chi connectivity index (χ3v) is 1.34. The Hall–Kier alpha value is -0.0626. The van der Waals surface area contributed by atoms with E-state index in [0.29, 0.717) is 0 Å². The van der Waals surface area contributed by atoms with Crippen molar-refractivity contribution in [2.45, 2.75) is 6.92 Å². The SMILES string of the molecule is CCN1C=CN(C)C1.[Li]. The van der Waals surface area contributed by atoms with Crippen molar-refractivity contribution in [2.24, 2.45) is 0 Å². The number of hydrogen-bond acceptors (Lipinski definition) is 2. The van der Waals surface area contributed by atoms with E-state index in [0.717, 1.165) is 13.2 Å². The number of hydrogen-bond donors (Lipinski definition) is 0. The summed E-state index contributed by atoms with van der Waals surface area (Å²) in [5.41, 5.74) is 0. The number of rotatable bonds is 1. The van der Waals surface area contributed by atoms with Gasteiger partial charge in [-0.2, -0.15) is 0 Å². The van der Waals surface area contributed by atoms with Crippen molar-refractivity contribution >= 4 is 18.9 Å². The summed E-state index contributed by atoms with van der Waals surface area (Å²) < 4.78 is 0. The van der Waals surface area contributed by atoms with Gasteiger partial charge in [0.15, 0.2) is 0 Å². The fraction of sp³-hybridized carbons (Fsp3) is 0.667. The topological polar surface area (TPSA) is 6.48 Å². The summed E-state index contributed by atoms with van der Waals surface area (Å²) >= 11 is 0. The molecule has 0 unspecified atom stereocenters. The van der Waals surface area contributed by atoms with Crippen LogP contribution in [0.25, 0.3) is 0 Å². The fourth-order valence-electron chi connectivity index (χ4n) is 0.794. The standard InChI is InChI=1S/C6H12N2.Li/c1-3-8-5-4-7(2)6-8;/h4-5H,3,6H2,1-2H3;. The van der Waals surface area contributed by atoms with Crippen molar-refractivity contribution in [3.8, 4) is 0 Å². The van der Waals surface area contributed by atoms with Gasteiger partial charge in [-0.25, -0.2) is 0 Å². The molecule has 0 aliphatic carbocycles. The van der Waals surface area contributed by atoms with Crippen LogP contribution in [-0.4, -0.2) is 48.9 Å². The van der Waals surface area contributed by atoms with Crippen LogP contribution in [0, 0.1) is 0 Å². The van der Waals surface area contributed by atoms with E-state index in [2.05, 4.69) is 36.2 Å². The van der Waals surface area contributed by atoms with E-state index in [-0.39, 0.29) is 18.9 Å². The predicted molar refractivity (Wildman–Crippen MR) is 39.9 cm³/mol. The molecule has 0 amide bonds. The second-order valence-electron chi connectivity index (χ2n) is 2.10. The van der Waals surface area contributed by atoms with Crippen molar-refractivity contribution in [1.82, 2.24) is 9.80 Å². The molecule has 1 radical (unpaired) electrons. The van der Waals surface area contributed by atoms with Crippen LogP contribution in [0.5, 0.6) is 0 Å². The molecule has 9 heavy (non-hydrogen) atoms. The summed E-state index contributed by atoms with van der Waals surface area (Å²) in [6.45, 7) is 4.32. The minimum atomic E-state index is 0. The first kappa shape index (κ1) is 8.94. The van der Waals surface area contributed by atoms with Gasteiger partial charge in [-0.15, -0.1) is 0 Å². The minimum Gasteiger partial charge on any atom is -0.362 e. The quantitative estimate of drug-likeness (QED) is 0.458. The predicted octanol–water partition coefficient (Wildman–Crippen LogP) is 0.302. The minimum absolute atomic E-state index is 0. The molecule has 1 heterocycles. The van der Waals surface area contributed by atoms with Crippen LogP contribution in [0.4, 0.5) is 0 Å². The third-order valence-electron chi connectivity index (χ3n) is 1.34. The molecule has 0 bridgehead atoms. The van der Waals surface area contributed by atoms with Gasteiger partial charge in [-0.3, -0.25) is 0 Å². The summed E-state index contributed by atoms with van der Waals surface area (Å²) in [6.07, 6.45) is 4.20. The molecule has 3 heteroatoms. The molecule has 1 aliphatic heterocycles. The second kappa shape index (κ2) is 3.87. The van der Waals surface area contributed by atoms with Crippen LogP contribution in [0.1, 0.15) is 6.92 Å². The molecular weight excluding hydrogens is 107 g/mol. The zero-order chi connectivity index (χ0) is 5.98. The van der Waals surface area contributed by atoms with Gasteiger partial charge in [0.05, 0.1) is 6.67 Å².